The van der Waals surface area contributed by atoms with Gasteiger partial charge in [0.2, 0.25) is 10.0 Å². The standard InChI is InChI=1S/C10H13ClN6O2S/c1-2-17-6-14-16-9(17)5-15-20(18,19)7-3-8(11)10(12)13-4-7/h3-4,6,15H,2,5H2,1H3,(H2,12,13). The molecular formula is C10H13ClN6O2S. The smallest absolute Gasteiger partial charge is 0.242 e. The van der Waals surface area contributed by atoms with Gasteiger partial charge in [-0.2, -0.15) is 0 Å². The Morgan fingerprint density at radius 2 is 2.25 bits per heavy atom. The minimum absolute atomic E-state index is 0.0260. The van der Waals surface area contributed by atoms with Gasteiger partial charge in [-0.25, -0.2) is 18.1 Å². The summed E-state index contributed by atoms with van der Waals surface area (Å²) in [7, 11) is -3.73. The van der Waals surface area contributed by atoms with E-state index in [-0.39, 0.29) is 22.3 Å². The number of nitrogen functional groups attached to an aromatic ring is 1. The molecule has 8 nitrogen and oxygen atoms in total. The maximum atomic E-state index is 12.1. The fraction of sp³-hybridized carbons (Fsp3) is 0.300. The van der Waals surface area contributed by atoms with Crippen molar-refractivity contribution in [2.45, 2.75) is 24.9 Å². The quantitative estimate of drug-likeness (QED) is 0.825. The van der Waals surface area contributed by atoms with Crippen LogP contribution in [0.1, 0.15) is 12.7 Å². The van der Waals surface area contributed by atoms with Crippen LogP contribution in [0.2, 0.25) is 5.02 Å². The molecule has 2 aromatic rings. The molecule has 2 rings (SSSR count). The van der Waals surface area contributed by atoms with Crippen molar-refractivity contribution in [2.75, 3.05) is 5.73 Å². The molecule has 0 spiro atoms. The zero-order valence-electron chi connectivity index (χ0n) is 10.6. The van der Waals surface area contributed by atoms with E-state index in [4.69, 9.17) is 17.3 Å². The number of rotatable bonds is 5. The summed E-state index contributed by atoms with van der Waals surface area (Å²) in [5.41, 5.74) is 5.44. The zero-order chi connectivity index (χ0) is 14.8. The van der Waals surface area contributed by atoms with E-state index in [1.807, 2.05) is 6.92 Å². The van der Waals surface area contributed by atoms with Gasteiger partial charge in [0.15, 0.2) is 0 Å². The lowest BCUT2D eigenvalue weighted by molar-refractivity contribution is 0.575. The van der Waals surface area contributed by atoms with Crippen molar-refractivity contribution in [3.63, 3.8) is 0 Å². The van der Waals surface area contributed by atoms with Gasteiger partial charge in [-0.15, -0.1) is 10.2 Å². The van der Waals surface area contributed by atoms with E-state index >= 15 is 0 Å². The second-order valence-corrected chi connectivity index (χ2v) is 6.07. The third kappa shape index (κ3) is 3.06. The molecule has 20 heavy (non-hydrogen) atoms. The number of nitrogens with zero attached hydrogens (tertiary/aromatic N) is 4. The first-order valence-electron chi connectivity index (χ1n) is 5.71. The van der Waals surface area contributed by atoms with E-state index in [9.17, 15) is 8.42 Å². The molecule has 0 radical (unpaired) electrons. The number of sulfonamides is 1. The van der Waals surface area contributed by atoms with Crippen LogP contribution in [0.25, 0.3) is 0 Å². The highest BCUT2D eigenvalue weighted by Crippen LogP contribution is 2.19. The van der Waals surface area contributed by atoms with Gasteiger partial charge in [-0.1, -0.05) is 11.6 Å². The van der Waals surface area contributed by atoms with Gasteiger partial charge in [-0.05, 0) is 13.0 Å². The summed E-state index contributed by atoms with van der Waals surface area (Å²) in [6.45, 7) is 2.59. The van der Waals surface area contributed by atoms with E-state index in [1.165, 1.54) is 12.4 Å². The second kappa shape index (κ2) is 5.73. The molecule has 0 amide bonds. The Hall–Kier alpha value is -1.71. The number of nitrogens with two attached hydrogens (primary N) is 1. The lowest BCUT2D eigenvalue weighted by Crippen LogP contribution is -2.25. The predicted octanol–water partition coefficient (Wildman–Crippen LogP) is 0.407. The summed E-state index contributed by atoms with van der Waals surface area (Å²) >= 11 is 5.76. The highest BCUT2D eigenvalue weighted by Gasteiger charge is 2.17. The maximum absolute atomic E-state index is 12.1. The second-order valence-electron chi connectivity index (χ2n) is 3.90. The van der Waals surface area contributed by atoms with Crippen molar-refractivity contribution in [1.29, 1.82) is 0 Å². The summed E-state index contributed by atoms with van der Waals surface area (Å²) in [6.07, 6.45) is 2.68. The van der Waals surface area contributed by atoms with E-state index in [0.717, 1.165) is 6.20 Å². The number of halogens is 1. The minimum atomic E-state index is -3.73. The van der Waals surface area contributed by atoms with Crippen molar-refractivity contribution >= 4 is 27.4 Å². The number of nitrogens with one attached hydrogen (secondary N) is 1. The molecule has 0 saturated heterocycles. The molecular weight excluding hydrogens is 304 g/mol. The minimum Gasteiger partial charge on any atom is -0.382 e. The Morgan fingerprint density at radius 3 is 2.90 bits per heavy atom. The average molecular weight is 317 g/mol. The Bertz CT molecular complexity index is 714. The first-order chi connectivity index (χ1) is 9.44. The van der Waals surface area contributed by atoms with Crippen molar-refractivity contribution in [3.05, 3.63) is 29.4 Å². The summed E-state index contributed by atoms with van der Waals surface area (Å²) < 4.78 is 28.3. The molecule has 2 aromatic heterocycles. The van der Waals surface area contributed by atoms with E-state index in [2.05, 4.69) is 19.9 Å². The molecule has 0 aliphatic carbocycles. The van der Waals surface area contributed by atoms with Crippen LogP contribution < -0.4 is 10.5 Å². The molecule has 0 saturated carbocycles. The Labute approximate surface area is 121 Å². The van der Waals surface area contributed by atoms with Crippen LogP contribution in [0.3, 0.4) is 0 Å². The summed E-state index contributed by atoms with van der Waals surface area (Å²) in [6, 6.07) is 1.25. The number of pyridine rings is 1. The van der Waals surface area contributed by atoms with Crippen molar-refractivity contribution < 1.29 is 8.42 Å². The summed E-state index contributed by atoms with van der Waals surface area (Å²) in [5.74, 6) is 0.599. The lowest BCUT2D eigenvalue weighted by Gasteiger charge is -2.07. The van der Waals surface area contributed by atoms with Crippen molar-refractivity contribution in [2.24, 2.45) is 0 Å². The van der Waals surface area contributed by atoms with Gasteiger partial charge in [0.05, 0.1) is 11.6 Å². The van der Waals surface area contributed by atoms with Gasteiger partial charge < -0.3 is 10.3 Å². The Balaban J connectivity index is 2.17. The predicted molar refractivity (Wildman–Crippen MR) is 73.4 cm³/mol. The van der Waals surface area contributed by atoms with E-state index in [1.54, 1.807) is 4.57 Å². The first kappa shape index (κ1) is 14.7. The zero-order valence-corrected chi connectivity index (χ0v) is 12.2. The number of anilines is 1. The molecule has 0 aromatic carbocycles. The van der Waals surface area contributed by atoms with Crippen LogP contribution in [0.5, 0.6) is 0 Å². The van der Waals surface area contributed by atoms with Gasteiger partial charge in [0.1, 0.15) is 22.9 Å². The Kier molecular flexibility index (Phi) is 4.21. The topological polar surface area (TPSA) is 116 Å². The van der Waals surface area contributed by atoms with Crippen LogP contribution in [0.4, 0.5) is 5.82 Å². The van der Waals surface area contributed by atoms with Crippen LogP contribution in [-0.2, 0) is 23.1 Å². The molecule has 108 valence electrons. The SMILES string of the molecule is CCn1cnnc1CNS(=O)(=O)c1cnc(N)c(Cl)c1. The third-order valence-corrected chi connectivity index (χ3v) is 4.28. The van der Waals surface area contributed by atoms with Crippen LogP contribution in [-0.4, -0.2) is 28.2 Å². The maximum Gasteiger partial charge on any atom is 0.242 e. The number of hydrogen-bond donors (Lipinski definition) is 2. The molecule has 0 aliphatic heterocycles. The molecule has 0 unspecified atom stereocenters. The van der Waals surface area contributed by atoms with E-state index < -0.39 is 10.0 Å². The Morgan fingerprint density at radius 1 is 1.50 bits per heavy atom. The van der Waals surface area contributed by atoms with Gasteiger partial charge in [0, 0.05) is 12.7 Å². The van der Waals surface area contributed by atoms with Crippen molar-refractivity contribution in [3.8, 4) is 0 Å². The largest absolute Gasteiger partial charge is 0.382 e. The van der Waals surface area contributed by atoms with Crippen LogP contribution in [0, 0.1) is 0 Å². The first-order valence-corrected chi connectivity index (χ1v) is 7.57. The fourth-order valence-corrected chi connectivity index (χ4v) is 2.68. The van der Waals surface area contributed by atoms with E-state index in [0.29, 0.717) is 12.4 Å². The molecule has 0 bridgehead atoms. The molecule has 0 fully saturated rings. The van der Waals surface area contributed by atoms with Crippen LogP contribution in [0.15, 0.2) is 23.5 Å². The average Bonchev–Trinajstić information content (AvgIpc) is 2.87. The number of aromatic nitrogens is 4. The highest BCUT2D eigenvalue weighted by molar-refractivity contribution is 7.89. The molecule has 10 heteroatoms. The summed E-state index contributed by atoms with van der Waals surface area (Å²) in [5, 5.41) is 7.65. The normalized spacial score (nSPS) is 11.7. The lowest BCUT2D eigenvalue weighted by atomic mass is 10.5. The highest BCUT2D eigenvalue weighted by atomic mass is 35.5. The van der Waals surface area contributed by atoms with Gasteiger partial charge >= 0.3 is 0 Å². The monoisotopic (exact) mass is 316 g/mol. The molecule has 2 heterocycles. The number of hydrogen-bond acceptors (Lipinski definition) is 6. The van der Waals surface area contributed by atoms with Gasteiger partial charge in [0.25, 0.3) is 0 Å². The van der Waals surface area contributed by atoms with Crippen LogP contribution >= 0.6 is 11.6 Å². The molecule has 0 atom stereocenters. The number of aryl methyl sites for hydroxylation is 1. The molecule has 3 N–H and O–H groups in total. The third-order valence-electron chi connectivity index (χ3n) is 2.61. The van der Waals surface area contributed by atoms with Crippen molar-refractivity contribution in [1.82, 2.24) is 24.5 Å². The fourth-order valence-electron chi connectivity index (χ4n) is 1.50. The summed E-state index contributed by atoms with van der Waals surface area (Å²) in [4.78, 5) is 3.66. The van der Waals surface area contributed by atoms with Gasteiger partial charge in [-0.3, -0.25) is 0 Å². The molecule has 0 aliphatic rings.